The molecule has 1 spiro atoms. The number of thiocarbonyl (C=S) groups is 1. The second-order valence-corrected chi connectivity index (χ2v) is 9.98. The van der Waals surface area contributed by atoms with Crippen LogP contribution in [-0.4, -0.2) is 41.3 Å². The van der Waals surface area contributed by atoms with Crippen molar-refractivity contribution in [3.8, 4) is 17.2 Å². The van der Waals surface area contributed by atoms with Crippen molar-refractivity contribution in [2.75, 3.05) is 19.9 Å². The third-order valence-electron chi connectivity index (χ3n) is 6.43. The van der Waals surface area contributed by atoms with E-state index < -0.39 is 16.8 Å². The lowest BCUT2D eigenvalue weighted by molar-refractivity contribution is -0.127. The predicted octanol–water partition coefficient (Wildman–Crippen LogP) is 5.19. The molecule has 4 nitrogen and oxygen atoms in total. The Hall–Kier alpha value is -2.39. The zero-order chi connectivity index (χ0) is 22.1. The van der Waals surface area contributed by atoms with E-state index in [-0.39, 0.29) is 13.2 Å². The van der Waals surface area contributed by atoms with Gasteiger partial charge in [0.25, 0.3) is 0 Å². The molecule has 0 amide bonds. The molecule has 166 valence electrons. The summed E-state index contributed by atoms with van der Waals surface area (Å²) in [6.07, 6.45) is -2.52. The van der Waals surface area contributed by atoms with Crippen molar-refractivity contribution >= 4 is 29.0 Å². The first-order chi connectivity index (χ1) is 15.4. The molecule has 2 atom stereocenters. The standard InChI is InChI=1S/C23H18F3NO3S2/c24-23(25,26)20-6-5-14(32-20)10-27-9-13-3-1-2-4-15(13)22(21(27)31)11-28-17-8-19-18(7-16(17)22)29-12-30-19/h1-5,7-8,20H,6,9-12H2. The van der Waals surface area contributed by atoms with Gasteiger partial charge in [0.2, 0.25) is 6.79 Å². The molecule has 32 heavy (non-hydrogen) atoms. The number of alkyl halides is 3. The number of thioether (sulfide) groups is 1. The Balaban J connectivity index is 1.39. The van der Waals surface area contributed by atoms with Crippen LogP contribution in [0.1, 0.15) is 23.1 Å². The van der Waals surface area contributed by atoms with Crippen molar-refractivity contribution in [1.82, 2.24) is 4.90 Å². The number of nitrogens with zero attached hydrogens (tertiary/aromatic N) is 1. The molecule has 2 unspecified atom stereocenters. The molecule has 6 rings (SSSR count). The van der Waals surface area contributed by atoms with E-state index in [0.29, 0.717) is 46.8 Å². The molecule has 4 aliphatic rings. The summed E-state index contributed by atoms with van der Waals surface area (Å²) in [6, 6.07) is 11.8. The van der Waals surface area contributed by atoms with Gasteiger partial charge in [-0.1, -0.05) is 42.6 Å². The summed E-state index contributed by atoms with van der Waals surface area (Å²) in [5, 5.41) is -1.38. The van der Waals surface area contributed by atoms with Crippen LogP contribution >= 0.6 is 24.0 Å². The van der Waals surface area contributed by atoms with E-state index in [2.05, 4.69) is 6.07 Å². The number of allylic oxidation sites excluding steroid dienone is 1. The molecule has 4 heterocycles. The van der Waals surface area contributed by atoms with Crippen LogP contribution in [0.2, 0.25) is 0 Å². The van der Waals surface area contributed by atoms with Crippen LogP contribution in [0.25, 0.3) is 0 Å². The zero-order valence-corrected chi connectivity index (χ0v) is 18.4. The molecule has 0 fully saturated rings. The van der Waals surface area contributed by atoms with E-state index >= 15 is 0 Å². The van der Waals surface area contributed by atoms with Crippen LogP contribution in [0.3, 0.4) is 0 Å². The Morgan fingerprint density at radius 2 is 1.84 bits per heavy atom. The first kappa shape index (κ1) is 20.2. The summed E-state index contributed by atoms with van der Waals surface area (Å²) in [5.41, 5.74) is 2.37. The molecule has 0 bridgehead atoms. The Kier molecular flexibility index (Phi) is 4.46. The number of hydrogen-bond acceptors (Lipinski definition) is 5. The normalized spacial score (nSPS) is 25.6. The average Bonchev–Trinajstić information content (AvgIpc) is 3.49. The van der Waals surface area contributed by atoms with Crippen molar-refractivity contribution < 1.29 is 27.4 Å². The van der Waals surface area contributed by atoms with Gasteiger partial charge in [-0.3, -0.25) is 0 Å². The summed E-state index contributed by atoms with van der Waals surface area (Å²) in [4.78, 5) is 3.37. The van der Waals surface area contributed by atoms with Crippen LogP contribution < -0.4 is 14.2 Å². The first-order valence-corrected chi connectivity index (χ1v) is 11.5. The first-order valence-electron chi connectivity index (χ1n) is 10.2. The molecular weight excluding hydrogens is 459 g/mol. The summed E-state index contributed by atoms with van der Waals surface area (Å²) in [7, 11) is 0. The van der Waals surface area contributed by atoms with Gasteiger partial charge in [-0.15, -0.1) is 11.8 Å². The maximum atomic E-state index is 13.2. The minimum Gasteiger partial charge on any atom is -0.491 e. The quantitative estimate of drug-likeness (QED) is 0.554. The van der Waals surface area contributed by atoms with Gasteiger partial charge >= 0.3 is 6.18 Å². The fourth-order valence-electron chi connectivity index (χ4n) is 4.91. The monoisotopic (exact) mass is 477 g/mol. The van der Waals surface area contributed by atoms with E-state index in [9.17, 15) is 13.2 Å². The van der Waals surface area contributed by atoms with Crippen molar-refractivity contribution in [3.05, 3.63) is 64.1 Å². The highest BCUT2D eigenvalue weighted by Gasteiger charge is 2.52. The number of fused-ring (bicyclic) bond motifs is 5. The van der Waals surface area contributed by atoms with Crippen LogP contribution in [0.5, 0.6) is 17.2 Å². The van der Waals surface area contributed by atoms with E-state index in [1.807, 2.05) is 35.2 Å². The van der Waals surface area contributed by atoms with Crippen LogP contribution in [0.15, 0.2) is 47.4 Å². The van der Waals surface area contributed by atoms with Gasteiger partial charge in [0.1, 0.15) is 23.0 Å². The fourth-order valence-corrected chi connectivity index (χ4v) is 6.43. The van der Waals surface area contributed by atoms with Gasteiger partial charge in [0.05, 0.1) is 4.99 Å². The Bertz CT molecular complexity index is 1170. The highest BCUT2D eigenvalue weighted by Crippen LogP contribution is 2.53. The minimum absolute atomic E-state index is 0.00124. The zero-order valence-electron chi connectivity index (χ0n) is 16.8. The molecule has 0 saturated carbocycles. The predicted molar refractivity (Wildman–Crippen MR) is 118 cm³/mol. The topological polar surface area (TPSA) is 30.9 Å². The lowest BCUT2D eigenvalue weighted by Crippen LogP contribution is -2.52. The lowest BCUT2D eigenvalue weighted by atomic mass is 9.71. The molecule has 2 aromatic rings. The Morgan fingerprint density at radius 3 is 2.62 bits per heavy atom. The van der Waals surface area contributed by atoms with E-state index in [0.717, 1.165) is 28.5 Å². The SMILES string of the molecule is FC(F)(F)C1CC=C(CN2Cc3ccccc3C3(COc4cc5c(cc43)OCO5)C2=S)S1. The second kappa shape index (κ2) is 7.05. The number of ether oxygens (including phenoxy) is 3. The summed E-state index contributed by atoms with van der Waals surface area (Å²) >= 11 is 6.93. The Morgan fingerprint density at radius 1 is 1.06 bits per heavy atom. The van der Waals surface area contributed by atoms with Gasteiger partial charge in [-0.05, 0) is 23.6 Å². The number of hydrogen-bond donors (Lipinski definition) is 0. The lowest BCUT2D eigenvalue weighted by Gasteiger charge is -2.43. The van der Waals surface area contributed by atoms with Gasteiger partial charge < -0.3 is 19.1 Å². The molecule has 0 saturated heterocycles. The molecule has 2 aromatic carbocycles. The van der Waals surface area contributed by atoms with Crippen molar-refractivity contribution in [2.24, 2.45) is 0 Å². The van der Waals surface area contributed by atoms with Crippen LogP contribution in [0.4, 0.5) is 13.2 Å². The molecule has 4 aliphatic heterocycles. The summed E-state index contributed by atoms with van der Waals surface area (Å²) in [6.45, 7) is 1.39. The molecule has 0 radical (unpaired) electrons. The fraction of sp³-hybridized carbons (Fsp3) is 0.348. The van der Waals surface area contributed by atoms with E-state index in [1.54, 1.807) is 6.08 Å². The molecular formula is C23H18F3NO3S2. The maximum absolute atomic E-state index is 13.2. The van der Waals surface area contributed by atoms with Gasteiger partial charge in [-0.25, -0.2) is 0 Å². The third kappa shape index (κ3) is 2.94. The van der Waals surface area contributed by atoms with Crippen molar-refractivity contribution in [2.45, 2.75) is 29.8 Å². The van der Waals surface area contributed by atoms with E-state index in [4.69, 9.17) is 26.4 Å². The summed E-state index contributed by atoms with van der Waals surface area (Å²) in [5.74, 6) is 1.98. The summed E-state index contributed by atoms with van der Waals surface area (Å²) < 4.78 is 56.7. The van der Waals surface area contributed by atoms with E-state index in [1.165, 1.54) is 0 Å². The number of benzene rings is 2. The van der Waals surface area contributed by atoms with Gasteiger partial charge in [0.15, 0.2) is 11.5 Å². The van der Waals surface area contributed by atoms with Crippen LogP contribution in [-0.2, 0) is 12.0 Å². The maximum Gasteiger partial charge on any atom is 0.401 e. The third-order valence-corrected chi connectivity index (χ3v) is 8.38. The molecule has 0 aromatic heterocycles. The van der Waals surface area contributed by atoms with Crippen LogP contribution in [0, 0.1) is 0 Å². The van der Waals surface area contributed by atoms with Crippen molar-refractivity contribution in [3.63, 3.8) is 0 Å². The smallest absolute Gasteiger partial charge is 0.401 e. The largest absolute Gasteiger partial charge is 0.491 e. The van der Waals surface area contributed by atoms with Gasteiger partial charge in [-0.2, -0.15) is 13.2 Å². The molecule has 0 aliphatic carbocycles. The van der Waals surface area contributed by atoms with Gasteiger partial charge in [0, 0.05) is 29.6 Å². The molecule has 0 N–H and O–H groups in total. The number of halogens is 3. The number of rotatable bonds is 2. The average molecular weight is 478 g/mol. The highest BCUT2D eigenvalue weighted by molar-refractivity contribution is 8.04. The van der Waals surface area contributed by atoms with Crippen molar-refractivity contribution in [1.29, 1.82) is 0 Å². The molecule has 9 heteroatoms. The second-order valence-electron chi connectivity index (χ2n) is 8.27. The minimum atomic E-state index is -4.21. The Labute approximate surface area is 192 Å². The highest BCUT2D eigenvalue weighted by atomic mass is 32.2.